The van der Waals surface area contributed by atoms with Gasteiger partial charge in [0.05, 0.1) is 12.7 Å². The topological polar surface area (TPSA) is 93.2 Å². The zero-order valence-corrected chi connectivity index (χ0v) is 17.2. The van der Waals surface area contributed by atoms with Gasteiger partial charge in [-0.05, 0) is 56.3 Å². The van der Waals surface area contributed by atoms with E-state index in [1.807, 2.05) is 32.0 Å². The van der Waals surface area contributed by atoms with Crippen molar-refractivity contribution in [1.82, 2.24) is 9.97 Å². The van der Waals surface area contributed by atoms with Crippen LogP contribution in [-0.4, -0.2) is 28.8 Å². The first-order valence-electron chi connectivity index (χ1n) is 9.60. The lowest BCUT2D eigenvalue weighted by molar-refractivity contribution is -0.116. The summed E-state index contributed by atoms with van der Waals surface area (Å²) in [5, 5.41) is 5.95. The third-order valence-electron chi connectivity index (χ3n) is 4.39. The zero-order valence-electron chi connectivity index (χ0n) is 17.2. The van der Waals surface area contributed by atoms with E-state index < -0.39 is 0 Å². The normalized spacial score (nSPS) is 10.4. The van der Waals surface area contributed by atoms with Crippen LogP contribution in [0, 0.1) is 13.8 Å². The van der Waals surface area contributed by atoms with E-state index in [-0.39, 0.29) is 24.5 Å². The van der Waals surface area contributed by atoms with Gasteiger partial charge in [0.15, 0.2) is 5.78 Å². The van der Waals surface area contributed by atoms with Crippen LogP contribution in [0.1, 0.15) is 34.6 Å². The molecule has 7 heteroatoms. The number of aromatic nitrogens is 2. The summed E-state index contributed by atoms with van der Waals surface area (Å²) in [6, 6.07) is 16.1. The molecule has 0 aliphatic carbocycles. The molecule has 1 heterocycles. The van der Waals surface area contributed by atoms with Gasteiger partial charge in [-0.25, -0.2) is 9.97 Å². The highest BCUT2D eigenvalue weighted by Gasteiger charge is 2.13. The molecule has 0 bridgehead atoms. The number of carbonyl (C=O) groups excluding carboxylic acids is 2. The Morgan fingerprint density at radius 3 is 2.20 bits per heavy atom. The fourth-order valence-electron chi connectivity index (χ4n) is 3.01. The maximum Gasteiger partial charge on any atom is 0.227 e. The van der Waals surface area contributed by atoms with Crippen molar-refractivity contribution >= 4 is 29.0 Å². The van der Waals surface area contributed by atoms with Gasteiger partial charge in [-0.3, -0.25) is 9.59 Å². The number of Topliss-reactive ketones (excluding diaryl/α,β-unsaturated/α-hetero) is 1. The highest BCUT2D eigenvalue weighted by atomic mass is 16.5. The Kier molecular flexibility index (Phi) is 6.75. The first kappa shape index (κ1) is 21.0. The van der Waals surface area contributed by atoms with Gasteiger partial charge in [0.1, 0.15) is 5.75 Å². The third kappa shape index (κ3) is 5.64. The second kappa shape index (κ2) is 9.65. The summed E-state index contributed by atoms with van der Waals surface area (Å²) in [7, 11) is 1.52. The smallest absolute Gasteiger partial charge is 0.227 e. The number of amides is 1. The number of nitrogens with one attached hydrogen (secondary N) is 2. The predicted molar refractivity (Wildman–Crippen MR) is 116 cm³/mol. The molecule has 0 atom stereocenters. The molecule has 0 spiro atoms. The van der Waals surface area contributed by atoms with Gasteiger partial charge in [-0.2, -0.15) is 0 Å². The summed E-state index contributed by atoms with van der Waals surface area (Å²) in [4.78, 5) is 33.3. The van der Waals surface area contributed by atoms with E-state index in [0.717, 1.165) is 17.1 Å². The molecule has 30 heavy (non-hydrogen) atoms. The minimum absolute atomic E-state index is 0.0906. The number of carbonyl (C=O) groups is 2. The Labute approximate surface area is 175 Å². The molecule has 0 aliphatic rings. The van der Waals surface area contributed by atoms with Crippen LogP contribution >= 0.6 is 0 Å². The van der Waals surface area contributed by atoms with E-state index in [0.29, 0.717) is 22.9 Å². The van der Waals surface area contributed by atoms with E-state index >= 15 is 0 Å². The number of para-hydroxylation sites is 1. The second-order valence-electron chi connectivity index (χ2n) is 6.85. The van der Waals surface area contributed by atoms with Crippen molar-refractivity contribution in [1.29, 1.82) is 0 Å². The lowest BCUT2D eigenvalue weighted by Gasteiger charge is -2.09. The van der Waals surface area contributed by atoms with E-state index in [9.17, 15) is 9.59 Å². The molecule has 154 valence electrons. The van der Waals surface area contributed by atoms with Gasteiger partial charge in [0.2, 0.25) is 11.9 Å². The number of ketones is 1. The first-order chi connectivity index (χ1) is 14.4. The molecule has 0 aliphatic heterocycles. The predicted octanol–water partition coefficient (Wildman–Crippen LogP) is 4.45. The van der Waals surface area contributed by atoms with Gasteiger partial charge in [-0.1, -0.05) is 12.1 Å². The highest BCUT2D eigenvalue weighted by molar-refractivity contribution is 6.01. The Balaban J connectivity index is 1.53. The van der Waals surface area contributed by atoms with Crippen molar-refractivity contribution in [3.8, 4) is 5.75 Å². The Bertz CT molecular complexity index is 1030. The van der Waals surface area contributed by atoms with Crippen LogP contribution in [0.15, 0.2) is 54.6 Å². The molecule has 0 saturated heterocycles. The number of aryl methyl sites for hydroxylation is 2. The SMILES string of the molecule is COc1ccccc1C(=O)CCC(=O)Nc1ccc(Nc2nc(C)cc(C)n2)cc1. The van der Waals surface area contributed by atoms with E-state index in [1.54, 1.807) is 36.4 Å². The molecule has 7 nitrogen and oxygen atoms in total. The average Bonchev–Trinajstić information content (AvgIpc) is 2.72. The molecule has 0 unspecified atom stereocenters. The summed E-state index contributed by atoms with van der Waals surface area (Å²) in [5.74, 6) is 0.685. The van der Waals surface area contributed by atoms with Crippen LogP contribution in [0.25, 0.3) is 0 Å². The quantitative estimate of drug-likeness (QED) is 0.539. The Morgan fingerprint density at radius 2 is 1.53 bits per heavy atom. The molecule has 0 radical (unpaired) electrons. The molecule has 2 aromatic carbocycles. The standard InChI is InChI=1S/C23H24N4O3/c1-15-14-16(2)25-23(24-15)27-18-10-8-17(9-11-18)26-22(29)13-12-20(28)19-6-4-5-7-21(19)30-3/h4-11,14H,12-13H2,1-3H3,(H,26,29)(H,24,25,27). The summed E-state index contributed by atoms with van der Waals surface area (Å²) < 4.78 is 5.20. The summed E-state index contributed by atoms with van der Waals surface area (Å²) in [6.07, 6.45) is 0.198. The molecule has 0 fully saturated rings. The largest absolute Gasteiger partial charge is 0.496 e. The molecular formula is C23H24N4O3. The number of nitrogens with zero attached hydrogens (tertiary/aromatic N) is 2. The van der Waals surface area contributed by atoms with Gasteiger partial charge in [-0.15, -0.1) is 0 Å². The van der Waals surface area contributed by atoms with Crippen molar-refractivity contribution in [3.63, 3.8) is 0 Å². The van der Waals surface area contributed by atoms with Crippen molar-refractivity contribution < 1.29 is 14.3 Å². The third-order valence-corrected chi connectivity index (χ3v) is 4.39. The minimum atomic E-state index is -0.225. The van der Waals surface area contributed by atoms with Crippen LogP contribution in [-0.2, 0) is 4.79 Å². The van der Waals surface area contributed by atoms with Crippen molar-refractivity contribution in [3.05, 3.63) is 71.5 Å². The van der Waals surface area contributed by atoms with Gasteiger partial charge in [0, 0.05) is 35.6 Å². The van der Waals surface area contributed by atoms with Crippen LogP contribution in [0.2, 0.25) is 0 Å². The van der Waals surface area contributed by atoms with Gasteiger partial charge in [0.25, 0.3) is 0 Å². The number of ether oxygens (including phenoxy) is 1. The molecule has 1 aromatic heterocycles. The zero-order chi connectivity index (χ0) is 21.5. The van der Waals surface area contributed by atoms with E-state index in [1.165, 1.54) is 7.11 Å². The molecule has 3 aromatic rings. The second-order valence-corrected chi connectivity index (χ2v) is 6.85. The van der Waals surface area contributed by atoms with Crippen LogP contribution in [0.4, 0.5) is 17.3 Å². The number of methoxy groups -OCH3 is 1. The maximum absolute atomic E-state index is 12.4. The molecule has 1 amide bonds. The number of rotatable bonds is 8. The maximum atomic E-state index is 12.4. The van der Waals surface area contributed by atoms with Crippen LogP contribution < -0.4 is 15.4 Å². The van der Waals surface area contributed by atoms with Crippen molar-refractivity contribution in [2.24, 2.45) is 0 Å². The van der Waals surface area contributed by atoms with Gasteiger partial charge >= 0.3 is 0 Å². The van der Waals surface area contributed by atoms with Crippen molar-refractivity contribution in [2.75, 3.05) is 17.7 Å². The highest BCUT2D eigenvalue weighted by Crippen LogP contribution is 2.20. The number of anilines is 3. The Hall–Kier alpha value is -3.74. The minimum Gasteiger partial charge on any atom is -0.496 e. The summed E-state index contributed by atoms with van der Waals surface area (Å²) >= 11 is 0. The lowest BCUT2D eigenvalue weighted by Crippen LogP contribution is -2.13. The fraction of sp³-hybridized carbons (Fsp3) is 0.217. The number of hydrogen-bond donors (Lipinski definition) is 2. The first-order valence-corrected chi connectivity index (χ1v) is 9.60. The van der Waals surface area contributed by atoms with Crippen molar-refractivity contribution in [2.45, 2.75) is 26.7 Å². The Morgan fingerprint density at radius 1 is 0.900 bits per heavy atom. The fourth-order valence-corrected chi connectivity index (χ4v) is 3.01. The van der Waals surface area contributed by atoms with Gasteiger partial charge < -0.3 is 15.4 Å². The monoisotopic (exact) mass is 404 g/mol. The lowest BCUT2D eigenvalue weighted by atomic mass is 10.1. The number of benzene rings is 2. The molecule has 3 rings (SSSR count). The summed E-state index contributed by atoms with van der Waals surface area (Å²) in [6.45, 7) is 3.83. The van der Waals surface area contributed by atoms with Crippen LogP contribution in [0.5, 0.6) is 5.75 Å². The molecular weight excluding hydrogens is 380 g/mol. The van der Waals surface area contributed by atoms with E-state index in [4.69, 9.17) is 4.74 Å². The summed E-state index contributed by atoms with van der Waals surface area (Å²) in [5.41, 5.74) is 3.71. The molecule has 2 N–H and O–H groups in total. The van der Waals surface area contributed by atoms with E-state index in [2.05, 4.69) is 20.6 Å². The molecule has 0 saturated carbocycles. The number of hydrogen-bond acceptors (Lipinski definition) is 6. The average molecular weight is 404 g/mol. The van der Waals surface area contributed by atoms with Crippen LogP contribution in [0.3, 0.4) is 0 Å².